The molecular formula is C20H28ClN3O2. The molecule has 3 atom stereocenters. The van der Waals surface area contributed by atoms with E-state index in [4.69, 9.17) is 11.6 Å². The highest BCUT2D eigenvalue weighted by atomic mass is 35.5. The van der Waals surface area contributed by atoms with Crippen molar-refractivity contribution in [1.82, 2.24) is 14.7 Å². The Hall–Kier alpha value is -1.59. The maximum atomic E-state index is 13.2. The predicted molar refractivity (Wildman–Crippen MR) is 103 cm³/mol. The molecule has 0 radical (unpaired) electrons. The van der Waals surface area contributed by atoms with E-state index in [2.05, 4.69) is 18.9 Å². The van der Waals surface area contributed by atoms with Crippen molar-refractivity contribution in [3.8, 4) is 0 Å². The Morgan fingerprint density at radius 1 is 1.38 bits per heavy atom. The van der Waals surface area contributed by atoms with Gasteiger partial charge in [0.2, 0.25) is 11.8 Å². The minimum absolute atomic E-state index is 0.0230. The van der Waals surface area contributed by atoms with Crippen LogP contribution in [0.4, 0.5) is 0 Å². The fourth-order valence-corrected chi connectivity index (χ4v) is 4.42. The van der Waals surface area contributed by atoms with E-state index in [1.807, 2.05) is 29.2 Å². The number of hydrogen-bond donors (Lipinski definition) is 0. The summed E-state index contributed by atoms with van der Waals surface area (Å²) < 4.78 is 0. The zero-order chi connectivity index (χ0) is 18.8. The molecule has 0 aliphatic carbocycles. The monoisotopic (exact) mass is 377 g/mol. The minimum Gasteiger partial charge on any atom is -0.342 e. The molecule has 0 spiro atoms. The van der Waals surface area contributed by atoms with Crippen LogP contribution in [0.15, 0.2) is 24.3 Å². The molecule has 6 heteroatoms. The van der Waals surface area contributed by atoms with Gasteiger partial charge in [0.25, 0.3) is 0 Å². The van der Waals surface area contributed by atoms with E-state index in [9.17, 15) is 9.59 Å². The van der Waals surface area contributed by atoms with Crippen molar-refractivity contribution in [3.63, 3.8) is 0 Å². The van der Waals surface area contributed by atoms with Gasteiger partial charge in [-0.15, -0.1) is 0 Å². The maximum Gasteiger partial charge on any atom is 0.228 e. The lowest BCUT2D eigenvalue weighted by molar-refractivity contribution is -0.135. The first-order chi connectivity index (χ1) is 12.4. The largest absolute Gasteiger partial charge is 0.342 e. The molecule has 1 aromatic carbocycles. The van der Waals surface area contributed by atoms with Crippen molar-refractivity contribution in [3.05, 3.63) is 34.9 Å². The van der Waals surface area contributed by atoms with Crippen LogP contribution in [0, 0.1) is 11.8 Å². The molecule has 3 rings (SSSR count). The number of hydrogen-bond acceptors (Lipinski definition) is 3. The maximum absolute atomic E-state index is 13.2. The third kappa shape index (κ3) is 3.89. The fraction of sp³-hybridized carbons (Fsp3) is 0.600. The van der Waals surface area contributed by atoms with E-state index >= 15 is 0 Å². The van der Waals surface area contributed by atoms with Gasteiger partial charge in [-0.1, -0.05) is 30.7 Å². The second kappa shape index (κ2) is 7.97. The summed E-state index contributed by atoms with van der Waals surface area (Å²) in [5, 5.41) is 0.630. The van der Waals surface area contributed by atoms with E-state index in [0.717, 1.165) is 38.2 Å². The fourth-order valence-electron chi connectivity index (χ4n) is 4.22. The van der Waals surface area contributed by atoms with Crippen LogP contribution in [0.1, 0.15) is 31.4 Å². The average molecular weight is 378 g/mol. The van der Waals surface area contributed by atoms with Crippen molar-refractivity contribution in [2.24, 2.45) is 11.8 Å². The van der Waals surface area contributed by atoms with Crippen LogP contribution in [-0.4, -0.2) is 66.8 Å². The Balaban J connectivity index is 1.74. The van der Waals surface area contributed by atoms with Crippen LogP contribution < -0.4 is 0 Å². The number of likely N-dealkylation sites (tertiary alicyclic amines) is 2. The highest BCUT2D eigenvalue weighted by Gasteiger charge is 2.45. The number of nitrogens with zero attached hydrogens (tertiary/aromatic N) is 3. The SMILES string of the molecule is CCN(C)CC1CCN(C(=O)C2CC(=O)N(C)C2c2cccc(Cl)c2)C1. The number of carbonyl (C=O) groups excluding carboxylic acids is 2. The first-order valence-corrected chi connectivity index (χ1v) is 9.77. The highest BCUT2D eigenvalue weighted by Crippen LogP contribution is 2.39. The average Bonchev–Trinajstić information content (AvgIpc) is 3.19. The molecule has 2 heterocycles. The van der Waals surface area contributed by atoms with Gasteiger partial charge in [-0.05, 0) is 43.6 Å². The zero-order valence-corrected chi connectivity index (χ0v) is 16.6. The molecule has 2 fully saturated rings. The van der Waals surface area contributed by atoms with Crippen LogP contribution in [-0.2, 0) is 9.59 Å². The molecule has 0 saturated carbocycles. The third-order valence-electron chi connectivity index (χ3n) is 5.80. The van der Waals surface area contributed by atoms with Crippen LogP contribution in [0.2, 0.25) is 5.02 Å². The van der Waals surface area contributed by atoms with Gasteiger partial charge in [0.15, 0.2) is 0 Å². The van der Waals surface area contributed by atoms with Crippen molar-refractivity contribution in [2.45, 2.75) is 25.8 Å². The van der Waals surface area contributed by atoms with Crippen molar-refractivity contribution >= 4 is 23.4 Å². The van der Waals surface area contributed by atoms with Gasteiger partial charge in [-0.25, -0.2) is 0 Å². The van der Waals surface area contributed by atoms with Gasteiger partial charge in [-0.2, -0.15) is 0 Å². The lowest BCUT2D eigenvalue weighted by Crippen LogP contribution is -2.38. The van der Waals surface area contributed by atoms with Crippen LogP contribution >= 0.6 is 11.6 Å². The van der Waals surface area contributed by atoms with Gasteiger partial charge >= 0.3 is 0 Å². The van der Waals surface area contributed by atoms with Crippen molar-refractivity contribution in [1.29, 1.82) is 0 Å². The molecule has 26 heavy (non-hydrogen) atoms. The number of carbonyl (C=O) groups is 2. The van der Waals surface area contributed by atoms with Gasteiger partial charge in [0.05, 0.1) is 12.0 Å². The van der Waals surface area contributed by atoms with E-state index in [1.165, 1.54) is 0 Å². The topological polar surface area (TPSA) is 43.9 Å². The molecule has 2 aliphatic heterocycles. The Labute approximate surface area is 160 Å². The Morgan fingerprint density at radius 3 is 2.85 bits per heavy atom. The molecule has 0 N–H and O–H groups in total. The second-order valence-corrected chi connectivity index (χ2v) is 8.05. The van der Waals surface area contributed by atoms with E-state index in [-0.39, 0.29) is 30.2 Å². The summed E-state index contributed by atoms with van der Waals surface area (Å²) in [7, 11) is 3.90. The Morgan fingerprint density at radius 2 is 2.15 bits per heavy atom. The molecule has 3 unspecified atom stereocenters. The molecule has 1 aromatic rings. The molecule has 0 aromatic heterocycles. The van der Waals surface area contributed by atoms with Crippen LogP contribution in [0.25, 0.3) is 0 Å². The number of benzene rings is 1. The smallest absolute Gasteiger partial charge is 0.228 e. The van der Waals surface area contributed by atoms with Gasteiger partial charge in [-0.3, -0.25) is 9.59 Å². The molecular weight excluding hydrogens is 350 g/mol. The minimum atomic E-state index is -0.325. The van der Waals surface area contributed by atoms with Crippen molar-refractivity contribution in [2.75, 3.05) is 40.3 Å². The van der Waals surface area contributed by atoms with Gasteiger partial charge in [0.1, 0.15) is 0 Å². The molecule has 2 aliphatic rings. The highest BCUT2D eigenvalue weighted by molar-refractivity contribution is 6.30. The van der Waals surface area contributed by atoms with Crippen LogP contribution in [0.3, 0.4) is 0 Å². The second-order valence-electron chi connectivity index (χ2n) is 7.61. The summed E-state index contributed by atoms with van der Waals surface area (Å²) in [5.74, 6) is 0.320. The predicted octanol–water partition coefficient (Wildman–Crippen LogP) is 2.66. The summed E-state index contributed by atoms with van der Waals surface area (Å²) in [6.07, 6.45) is 1.32. The normalized spacial score (nSPS) is 26.2. The van der Waals surface area contributed by atoms with E-state index in [1.54, 1.807) is 11.9 Å². The lowest BCUT2D eigenvalue weighted by atomic mass is 9.92. The molecule has 2 amide bonds. The first-order valence-electron chi connectivity index (χ1n) is 9.39. The van der Waals surface area contributed by atoms with Gasteiger partial charge in [0, 0.05) is 38.1 Å². The molecule has 2 saturated heterocycles. The number of amides is 2. The summed E-state index contributed by atoms with van der Waals surface area (Å²) in [6, 6.07) is 7.28. The van der Waals surface area contributed by atoms with Gasteiger partial charge < -0.3 is 14.7 Å². The number of halogens is 1. The summed E-state index contributed by atoms with van der Waals surface area (Å²) in [6.45, 7) is 5.76. The third-order valence-corrected chi connectivity index (χ3v) is 6.04. The number of rotatable bonds is 5. The summed E-state index contributed by atoms with van der Waals surface area (Å²) >= 11 is 6.14. The van der Waals surface area contributed by atoms with E-state index in [0.29, 0.717) is 10.9 Å². The van der Waals surface area contributed by atoms with Crippen molar-refractivity contribution < 1.29 is 9.59 Å². The van der Waals surface area contributed by atoms with Crippen LogP contribution in [0.5, 0.6) is 0 Å². The standard InChI is InChI=1S/C20H28ClN3O2/c1-4-22(2)12-14-8-9-24(13-14)20(26)17-11-18(25)23(3)19(17)15-6-5-7-16(21)10-15/h5-7,10,14,17,19H,4,8-9,11-13H2,1-3H3. The molecule has 0 bridgehead atoms. The lowest BCUT2D eigenvalue weighted by Gasteiger charge is -2.28. The first kappa shape index (κ1) is 19.2. The Bertz CT molecular complexity index is 681. The zero-order valence-electron chi connectivity index (χ0n) is 15.8. The molecule has 5 nitrogen and oxygen atoms in total. The summed E-state index contributed by atoms with van der Waals surface area (Å²) in [4.78, 5) is 31.5. The van der Waals surface area contributed by atoms with E-state index < -0.39 is 0 Å². The summed E-state index contributed by atoms with van der Waals surface area (Å²) in [5.41, 5.74) is 0.936. The Kier molecular flexibility index (Phi) is 5.88. The quantitative estimate of drug-likeness (QED) is 0.792. The molecule has 142 valence electrons.